The summed E-state index contributed by atoms with van der Waals surface area (Å²) in [5.74, 6) is -1.66. The molecule has 0 spiro atoms. The van der Waals surface area contributed by atoms with Gasteiger partial charge in [-0.3, -0.25) is 14.4 Å². The third-order valence-electron chi connectivity index (χ3n) is 5.59. The van der Waals surface area contributed by atoms with Crippen molar-refractivity contribution in [2.75, 3.05) is 20.7 Å². The Bertz CT molecular complexity index is 1060. The summed E-state index contributed by atoms with van der Waals surface area (Å²) in [6.07, 6.45) is 0.260. The molecule has 0 fully saturated rings. The van der Waals surface area contributed by atoms with Crippen molar-refractivity contribution < 1.29 is 28.7 Å². The van der Waals surface area contributed by atoms with Gasteiger partial charge in [0.05, 0.1) is 7.11 Å². The minimum absolute atomic E-state index is 0.189. The van der Waals surface area contributed by atoms with Crippen LogP contribution in [0, 0.1) is 0 Å². The number of hydrogen-bond acceptors (Lipinski definition) is 6. The van der Waals surface area contributed by atoms with Crippen molar-refractivity contribution in [3.63, 3.8) is 0 Å². The lowest BCUT2D eigenvalue weighted by Crippen LogP contribution is -2.52. The second-order valence-electron chi connectivity index (χ2n) is 9.63. The summed E-state index contributed by atoms with van der Waals surface area (Å²) in [5.41, 5.74) is 1.70. The van der Waals surface area contributed by atoms with E-state index in [0.717, 1.165) is 17.5 Å². The number of amides is 3. The maximum Gasteiger partial charge on any atom is 0.408 e. The van der Waals surface area contributed by atoms with Crippen LogP contribution in [0.5, 0.6) is 0 Å². The van der Waals surface area contributed by atoms with E-state index in [2.05, 4.69) is 15.4 Å². The molecule has 0 aromatic heterocycles. The zero-order chi connectivity index (χ0) is 27.6. The van der Waals surface area contributed by atoms with Crippen molar-refractivity contribution in [2.24, 2.45) is 0 Å². The van der Waals surface area contributed by atoms with Crippen molar-refractivity contribution in [3.8, 4) is 0 Å². The Kier molecular flexibility index (Phi) is 10.7. The van der Waals surface area contributed by atoms with E-state index in [1.807, 2.05) is 49.4 Å². The van der Waals surface area contributed by atoms with Gasteiger partial charge in [0.1, 0.15) is 24.2 Å². The molecule has 37 heavy (non-hydrogen) atoms. The Hall–Kier alpha value is -3.88. The fourth-order valence-electron chi connectivity index (χ4n) is 3.69. The zero-order valence-corrected chi connectivity index (χ0v) is 22.4. The number of nitrogens with one attached hydrogen (secondary N) is 2. The fourth-order valence-corrected chi connectivity index (χ4v) is 3.69. The number of rotatable bonds is 10. The van der Waals surface area contributed by atoms with Gasteiger partial charge in [0.25, 0.3) is 0 Å². The van der Waals surface area contributed by atoms with Gasteiger partial charge in [0, 0.05) is 13.5 Å². The number of benzene rings is 2. The lowest BCUT2D eigenvalue weighted by atomic mass is 9.99. The molecule has 0 saturated heterocycles. The average molecular weight is 512 g/mol. The summed E-state index contributed by atoms with van der Waals surface area (Å²) in [6, 6.07) is 14.5. The molecule has 2 rings (SSSR count). The lowest BCUT2D eigenvalue weighted by Gasteiger charge is -2.31. The molecule has 0 heterocycles. The second-order valence-corrected chi connectivity index (χ2v) is 9.63. The Morgan fingerprint density at radius 3 is 2.11 bits per heavy atom. The predicted octanol–water partition coefficient (Wildman–Crippen LogP) is 3.17. The van der Waals surface area contributed by atoms with Crippen LogP contribution >= 0.6 is 0 Å². The van der Waals surface area contributed by atoms with Crippen LogP contribution in [0.4, 0.5) is 4.79 Å². The first kappa shape index (κ1) is 29.4. The number of esters is 1. The number of ether oxygens (including phenoxy) is 2. The summed E-state index contributed by atoms with van der Waals surface area (Å²) in [4.78, 5) is 52.5. The first-order valence-corrected chi connectivity index (χ1v) is 12.2. The number of methoxy groups -OCH3 is 1. The molecule has 0 bridgehead atoms. The van der Waals surface area contributed by atoms with Gasteiger partial charge in [0.2, 0.25) is 11.8 Å². The highest BCUT2D eigenvalue weighted by atomic mass is 16.6. The van der Waals surface area contributed by atoms with Gasteiger partial charge < -0.3 is 25.0 Å². The fraction of sp³-hybridized carbons (Fsp3) is 0.429. The summed E-state index contributed by atoms with van der Waals surface area (Å²) in [7, 11) is 2.72. The Balaban J connectivity index is 2.38. The Morgan fingerprint density at radius 2 is 1.57 bits per heavy atom. The van der Waals surface area contributed by atoms with E-state index in [9.17, 15) is 19.2 Å². The molecule has 2 N–H and O–H groups in total. The standard InChI is InChI=1S/C28H37N3O6/c1-7-19-13-15-21(16-14-19)24(25(33)29-18-23(32)36-6)31(5)26(34)22(17-20-11-9-8-10-12-20)30-27(35)37-28(2,3)4/h8-16,22,24H,7,17-18H2,1-6H3,(H,29,33)(H,30,35). The third kappa shape index (κ3) is 9.25. The van der Waals surface area contributed by atoms with Crippen molar-refractivity contribution >= 4 is 23.9 Å². The van der Waals surface area contributed by atoms with Gasteiger partial charge >= 0.3 is 12.1 Å². The molecule has 0 saturated carbocycles. The molecule has 3 amide bonds. The van der Waals surface area contributed by atoms with Crippen LogP contribution in [0.15, 0.2) is 54.6 Å². The molecule has 9 heteroatoms. The minimum atomic E-state index is -1.05. The molecule has 2 unspecified atom stereocenters. The Labute approximate surface area is 218 Å². The monoisotopic (exact) mass is 511 g/mol. The topological polar surface area (TPSA) is 114 Å². The maximum atomic E-state index is 13.8. The first-order valence-electron chi connectivity index (χ1n) is 12.2. The second kappa shape index (κ2) is 13.4. The molecular formula is C28H37N3O6. The lowest BCUT2D eigenvalue weighted by molar-refractivity contribution is -0.143. The van der Waals surface area contributed by atoms with E-state index in [1.54, 1.807) is 32.9 Å². The van der Waals surface area contributed by atoms with Crippen molar-refractivity contribution in [3.05, 3.63) is 71.3 Å². The highest BCUT2D eigenvalue weighted by molar-refractivity contribution is 5.93. The first-order chi connectivity index (χ1) is 17.4. The van der Waals surface area contributed by atoms with E-state index in [4.69, 9.17) is 4.74 Å². The van der Waals surface area contributed by atoms with Crippen LogP contribution in [0.2, 0.25) is 0 Å². The molecular weight excluding hydrogens is 474 g/mol. The molecule has 0 aliphatic heterocycles. The van der Waals surface area contributed by atoms with Gasteiger partial charge in [-0.1, -0.05) is 61.5 Å². The van der Waals surface area contributed by atoms with Gasteiger partial charge in [-0.25, -0.2) is 4.79 Å². The van der Waals surface area contributed by atoms with E-state index in [0.29, 0.717) is 5.56 Å². The van der Waals surface area contributed by atoms with Crippen molar-refractivity contribution in [1.82, 2.24) is 15.5 Å². The number of nitrogens with zero attached hydrogens (tertiary/aromatic N) is 1. The SMILES string of the molecule is CCc1ccc(C(C(=O)NCC(=O)OC)N(C)C(=O)C(Cc2ccccc2)NC(=O)OC(C)(C)C)cc1. The van der Waals surface area contributed by atoms with E-state index in [-0.39, 0.29) is 13.0 Å². The summed E-state index contributed by atoms with van der Waals surface area (Å²) in [5, 5.41) is 5.20. The summed E-state index contributed by atoms with van der Waals surface area (Å²) < 4.78 is 10.00. The van der Waals surface area contributed by atoms with Crippen LogP contribution < -0.4 is 10.6 Å². The minimum Gasteiger partial charge on any atom is -0.468 e. The molecule has 0 aliphatic rings. The number of alkyl carbamates (subject to hydrolysis) is 1. The molecule has 2 aromatic rings. The van der Waals surface area contributed by atoms with Crippen LogP contribution in [-0.2, 0) is 36.7 Å². The smallest absolute Gasteiger partial charge is 0.408 e. The summed E-state index contributed by atoms with van der Waals surface area (Å²) in [6.45, 7) is 6.86. The van der Waals surface area contributed by atoms with E-state index in [1.165, 1.54) is 19.1 Å². The number of hydrogen-bond donors (Lipinski definition) is 2. The van der Waals surface area contributed by atoms with Crippen molar-refractivity contribution in [1.29, 1.82) is 0 Å². The van der Waals surface area contributed by atoms with Crippen LogP contribution in [-0.4, -0.2) is 61.1 Å². The number of aryl methyl sites for hydroxylation is 1. The molecule has 0 radical (unpaired) electrons. The highest BCUT2D eigenvalue weighted by Crippen LogP contribution is 2.22. The Morgan fingerprint density at radius 1 is 0.946 bits per heavy atom. The predicted molar refractivity (Wildman–Crippen MR) is 140 cm³/mol. The zero-order valence-electron chi connectivity index (χ0n) is 22.4. The van der Waals surface area contributed by atoms with Gasteiger partial charge in [-0.05, 0) is 43.9 Å². The third-order valence-corrected chi connectivity index (χ3v) is 5.59. The molecule has 0 aliphatic carbocycles. The average Bonchev–Trinajstić information content (AvgIpc) is 2.86. The quantitative estimate of drug-likeness (QED) is 0.474. The van der Waals surface area contributed by atoms with Crippen LogP contribution in [0.3, 0.4) is 0 Å². The molecule has 200 valence electrons. The number of carbonyl (C=O) groups is 4. The summed E-state index contributed by atoms with van der Waals surface area (Å²) >= 11 is 0. The van der Waals surface area contributed by atoms with Gasteiger partial charge in [-0.2, -0.15) is 0 Å². The molecule has 9 nitrogen and oxygen atoms in total. The maximum absolute atomic E-state index is 13.8. The number of likely N-dealkylation sites (N-methyl/N-ethyl adjacent to an activating group) is 1. The van der Waals surface area contributed by atoms with Gasteiger partial charge in [0.15, 0.2) is 0 Å². The molecule has 2 atom stereocenters. The molecule has 2 aromatic carbocycles. The highest BCUT2D eigenvalue weighted by Gasteiger charge is 2.34. The van der Waals surface area contributed by atoms with Crippen LogP contribution in [0.25, 0.3) is 0 Å². The largest absolute Gasteiger partial charge is 0.468 e. The van der Waals surface area contributed by atoms with E-state index < -0.39 is 41.6 Å². The van der Waals surface area contributed by atoms with Crippen LogP contribution in [0.1, 0.15) is 50.4 Å². The van der Waals surface area contributed by atoms with Gasteiger partial charge in [-0.15, -0.1) is 0 Å². The van der Waals surface area contributed by atoms with E-state index >= 15 is 0 Å². The number of carbonyl (C=O) groups excluding carboxylic acids is 4. The van der Waals surface area contributed by atoms with Crippen molar-refractivity contribution in [2.45, 2.75) is 58.2 Å². The normalized spacial score (nSPS) is 12.6.